The third-order valence-corrected chi connectivity index (χ3v) is 5.38. The number of nitrogens with zero attached hydrogens (tertiary/aromatic N) is 1. The van der Waals surface area contributed by atoms with Crippen molar-refractivity contribution in [1.82, 2.24) is 4.98 Å². The fourth-order valence-electron chi connectivity index (χ4n) is 4.31. The fourth-order valence-corrected chi connectivity index (χ4v) is 4.31. The minimum absolute atomic E-state index is 0.550. The van der Waals surface area contributed by atoms with Crippen molar-refractivity contribution < 1.29 is 10.2 Å². The van der Waals surface area contributed by atoms with E-state index in [2.05, 4.69) is 43.1 Å². The molecule has 2 unspecified atom stereocenters. The van der Waals surface area contributed by atoms with E-state index in [4.69, 9.17) is 0 Å². The lowest BCUT2D eigenvalue weighted by Gasteiger charge is -2.20. The van der Waals surface area contributed by atoms with Crippen molar-refractivity contribution in [2.24, 2.45) is 0 Å². The lowest BCUT2D eigenvalue weighted by Crippen LogP contribution is -2.11. The van der Waals surface area contributed by atoms with Gasteiger partial charge in [-0.05, 0) is 87.1 Å². The Morgan fingerprint density at radius 3 is 1.25 bits per heavy atom. The van der Waals surface area contributed by atoms with Gasteiger partial charge in [-0.2, -0.15) is 0 Å². The first-order chi connectivity index (χ1) is 13.2. The molecule has 2 N–H and O–H groups in total. The van der Waals surface area contributed by atoms with E-state index in [1.807, 2.05) is 45.9 Å². The van der Waals surface area contributed by atoms with Crippen molar-refractivity contribution in [2.75, 3.05) is 0 Å². The molecule has 0 amide bonds. The van der Waals surface area contributed by atoms with Gasteiger partial charge in [-0.3, -0.25) is 4.98 Å². The molecule has 3 heteroatoms. The van der Waals surface area contributed by atoms with Gasteiger partial charge in [0.05, 0.1) is 11.4 Å². The van der Waals surface area contributed by atoms with Crippen LogP contribution in [-0.2, 0) is 0 Å². The summed E-state index contributed by atoms with van der Waals surface area (Å²) in [6.45, 7) is 12.1. The van der Waals surface area contributed by atoms with E-state index in [9.17, 15) is 10.2 Å². The number of hydrogen-bond acceptors (Lipinski definition) is 3. The van der Waals surface area contributed by atoms with Crippen LogP contribution in [0.25, 0.3) is 0 Å². The minimum Gasteiger partial charge on any atom is -0.382 e. The molecule has 0 saturated carbocycles. The molecule has 0 aliphatic heterocycles. The SMILES string of the molecule is Cc1cc(C)c(C(O)c2cccc(C(O)c3c(C)cc(C)cc3C)n2)c(C)c1. The Bertz CT molecular complexity index is 898. The molecule has 0 saturated heterocycles. The van der Waals surface area contributed by atoms with Crippen LogP contribution in [0.15, 0.2) is 42.5 Å². The summed E-state index contributed by atoms with van der Waals surface area (Å²) >= 11 is 0. The average Bonchev–Trinajstić information content (AvgIpc) is 2.60. The van der Waals surface area contributed by atoms with Crippen LogP contribution >= 0.6 is 0 Å². The van der Waals surface area contributed by atoms with Gasteiger partial charge in [0.2, 0.25) is 0 Å². The number of rotatable bonds is 4. The number of aliphatic hydroxyl groups excluding tert-OH is 2. The molecular formula is C25H29NO2. The van der Waals surface area contributed by atoms with Crippen LogP contribution in [0.2, 0.25) is 0 Å². The number of hydrogen-bond donors (Lipinski definition) is 2. The van der Waals surface area contributed by atoms with Crippen LogP contribution in [-0.4, -0.2) is 15.2 Å². The van der Waals surface area contributed by atoms with Crippen molar-refractivity contribution in [2.45, 2.75) is 53.8 Å². The molecule has 28 heavy (non-hydrogen) atoms. The first-order valence-electron chi connectivity index (χ1n) is 9.67. The highest BCUT2D eigenvalue weighted by Crippen LogP contribution is 2.31. The van der Waals surface area contributed by atoms with Crippen LogP contribution in [0, 0.1) is 41.5 Å². The van der Waals surface area contributed by atoms with Gasteiger partial charge in [-0.15, -0.1) is 0 Å². The molecule has 0 aliphatic rings. The lowest BCUT2D eigenvalue weighted by atomic mass is 9.92. The predicted octanol–water partition coefficient (Wildman–Crippen LogP) is 5.10. The van der Waals surface area contributed by atoms with Gasteiger partial charge in [0.25, 0.3) is 0 Å². The second-order valence-corrected chi connectivity index (χ2v) is 7.92. The van der Waals surface area contributed by atoms with Gasteiger partial charge in [0.15, 0.2) is 0 Å². The average molecular weight is 376 g/mol. The zero-order valence-electron chi connectivity index (χ0n) is 17.5. The topological polar surface area (TPSA) is 53.4 Å². The molecule has 2 atom stereocenters. The molecule has 0 radical (unpaired) electrons. The molecule has 0 aliphatic carbocycles. The largest absolute Gasteiger partial charge is 0.382 e. The summed E-state index contributed by atoms with van der Waals surface area (Å²) in [5.41, 5.74) is 9.39. The van der Waals surface area contributed by atoms with Gasteiger partial charge >= 0.3 is 0 Å². The van der Waals surface area contributed by atoms with Crippen LogP contribution in [0.1, 0.15) is 68.1 Å². The molecule has 1 aromatic heterocycles. The third kappa shape index (κ3) is 3.87. The van der Waals surface area contributed by atoms with Crippen molar-refractivity contribution in [3.8, 4) is 0 Å². The van der Waals surface area contributed by atoms with E-state index in [0.29, 0.717) is 11.4 Å². The molecule has 0 fully saturated rings. The third-order valence-electron chi connectivity index (χ3n) is 5.38. The van der Waals surface area contributed by atoms with Gasteiger partial charge in [0, 0.05) is 0 Å². The molecule has 3 nitrogen and oxygen atoms in total. The summed E-state index contributed by atoms with van der Waals surface area (Å²) in [5, 5.41) is 22.0. The van der Waals surface area contributed by atoms with Crippen LogP contribution < -0.4 is 0 Å². The van der Waals surface area contributed by atoms with E-state index >= 15 is 0 Å². The monoisotopic (exact) mass is 375 g/mol. The summed E-state index contributed by atoms with van der Waals surface area (Å²) < 4.78 is 0. The maximum atomic E-state index is 11.0. The maximum absolute atomic E-state index is 11.0. The highest BCUT2D eigenvalue weighted by Gasteiger charge is 2.21. The Kier molecular flexibility index (Phi) is 5.69. The van der Waals surface area contributed by atoms with E-state index in [1.54, 1.807) is 0 Å². The van der Waals surface area contributed by atoms with E-state index in [1.165, 1.54) is 11.1 Å². The first kappa shape index (κ1) is 20.2. The predicted molar refractivity (Wildman–Crippen MR) is 114 cm³/mol. The van der Waals surface area contributed by atoms with Crippen molar-refractivity contribution in [3.05, 3.63) is 98.4 Å². The normalized spacial score (nSPS) is 13.4. The highest BCUT2D eigenvalue weighted by molar-refractivity contribution is 5.44. The van der Waals surface area contributed by atoms with Crippen LogP contribution in [0.3, 0.4) is 0 Å². The Labute approximate surface area is 167 Å². The van der Waals surface area contributed by atoms with Gasteiger partial charge in [-0.25, -0.2) is 0 Å². The summed E-state index contributed by atoms with van der Waals surface area (Å²) in [4.78, 5) is 4.63. The molecule has 3 rings (SSSR count). The molecule has 1 heterocycles. The zero-order chi connectivity index (χ0) is 20.6. The second-order valence-electron chi connectivity index (χ2n) is 7.92. The van der Waals surface area contributed by atoms with E-state index in [0.717, 1.165) is 33.4 Å². The van der Waals surface area contributed by atoms with Crippen LogP contribution in [0.5, 0.6) is 0 Å². The number of aliphatic hydroxyl groups is 2. The maximum Gasteiger partial charge on any atom is 0.121 e. The molecule has 2 aromatic carbocycles. The van der Waals surface area contributed by atoms with Crippen molar-refractivity contribution in [3.63, 3.8) is 0 Å². The summed E-state index contributed by atoms with van der Waals surface area (Å²) in [7, 11) is 0. The number of pyridine rings is 1. The Balaban J connectivity index is 2.02. The quantitative estimate of drug-likeness (QED) is 0.667. The van der Waals surface area contributed by atoms with Crippen molar-refractivity contribution in [1.29, 1.82) is 0 Å². The highest BCUT2D eigenvalue weighted by atomic mass is 16.3. The fraction of sp³-hybridized carbons (Fsp3) is 0.320. The molecule has 0 spiro atoms. The second kappa shape index (κ2) is 7.86. The van der Waals surface area contributed by atoms with Gasteiger partial charge in [0.1, 0.15) is 12.2 Å². The smallest absolute Gasteiger partial charge is 0.121 e. The van der Waals surface area contributed by atoms with Crippen LogP contribution in [0.4, 0.5) is 0 Å². The zero-order valence-corrected chi connectivity index (χ0v) is 17.5. The summed E-state index contributed by atoms with van der Waals surface area (Å²) in [5.74, 6) is 0. The van der Waals surface area contributed by atoms with Crippen molar-refractivity contribution >= 4 is 0 Å². The molecule has 146 valence electrons. The van der Waals surface area contributed by atoms with E-state index < -0.39 is 12.2 Å². The molecule has 0 bridgehead atoms. The first-order valence-corrected chi connectivity index (χ1v) is 9.67. The molecule has 3 aromatic rings. The molecular weight excluding hydrogens is 346 g/mol. The van der Waals surface area contributed by atoms with Gasteiger partial charge < -0.3 is 10.2 Å². The number of benzene rings is 2. The Hall–Kier alpha value is -2.49. The summed E-state index contributed by atoms with van der Waals surface area (Å²) in [6, 6.07) is 13.8. The standard InChI is InChI=1S/C25H29NO2/c1-14-10-16(3)22(17(4)11-14)24(27)20-8-7-9-21(26-20)25(28)23-18(5)12-15(2)13-19(23)6/h7-13,24-25,27-28H,1-6H3. The Morgan fingerprint density at radius 2 is 0.929 bits per heavy atom. The van der Waals surface area contributed by atoms with Gasteiger partial charge in [-0.1, -0.05) is 41.5 Å². The Morgan fingerprint density at radius 1 is 0.607 bits per heavy atom. The number of aromatic nitrogens is 1. The lowest BCUT2D eigenvalue weighted by molar-refractivity contribution is 0.202. The summed E-state index contributed by atoms with van der Waals surface area (Å²) in [6.07, 6.45) is -1.65. The van der Waals surface area contributed by atoms with E-state index in [-0.39, 0.29) is 0 Å². The number of aryl methyl sites for hydroxylation is 6. The minimum atomic E-state index is -0.826.